The van der Waals surface area contributed by atoms with Gasteiger partial charge in [0.25, 0.3) is 0 Å². The van der Waals surface area contributed by atoms with Crippen LogP contribution in [0.3, 0.4) is 0 Å². The lowest BCUT2D eigenvalue weighted by Gasteiger charge is -1.94. The summed E-state index contributed by atoms with van der Waals surface area (Å²) in [5.74, 6) is 0. The van der Waals surface area contributed by atoms with Crippen molar-refractivity contribution < 1.29 is 11.7 Å². The SMILES string of the molecule is CS(F)(F)F.c1c[nH]cn1. The molecule has 2 nitrogen and oxygen atoms in total. The maximum atomic E-state index is 10.4. The molecule has 0 aliphatic carbocycles. The van der Waals surface area contributed by atoms with Crippen molar-refractivity contribution in [2.24, 2.45) is 0 Å². The summed E-state index contributed by atoms with van der Waals surface area (Å²) in [6.07, 6.45) is 5.35. The van der Waals surface area contributed by atoms with Gasteiger partial charge in [0.1, 0.15) is 0 Å². The van der Waals surface area contributed by atoms with E-state index in [4.69, 9.17) is 0 Å². The van der Waals surface area contributed by atoms with Gasteiger partial charge in [-0.25, -0.2) is 4.98 Å². The number of nitrogens with zero attached hydrogens (tertiary/aromatic N) is 1. The van der Waals surface area contributed by atoms with Crippen LogP contribution in [0.2, 0.25) is 0 Å². The Hall–Kier alpha value is -0.650. The van der Waals surface area contributed by atoms with Crippen LogP contribution in [0, 0.1) is 0 Å². The predicted octanol–water partition coefficient (Wildman–Crippen LogP) is 2.48. The molecule has 0 unspecified atom stereocenters. The first kappa shape index (κ1) is 9.35. The summed E-state index contributed by atoms with van der Waals surface area (Å²) in [5.41, 5.74) is 0. The molecule has 0 amide bonds. The molecular weight excluding hydrogens is 165 g/mol. The summed E-state index contributed by atoms with van der Waals surface area (Å²) in [7, 11) is 0. The van der Waals surface area contributed by atoms with Gasteiger partial charge in [0.15, 0.2) is 0 Å². The van der Waals surface area contributed by atoms with Crippen molar-refractivity contribution in [3.8, 4) is 0 Å². The molecule has 0 atom stereocenters. The second-order valence-corrected chi connectivity index (χ2v) is 2.67. The Morgan fingerprint density at radius 2 is 1.90 bits per heavy atom. The minimum absolute atomic E-state index is 0.271. The molecule has 0 radical (unpaired) electrons. The first-order chi connectivity index (χ1) is 4.50. The first-order valence-electron chi connectivity index (χ1n) is 2.30. The van der Waals surface area contributed by atoms with Crippen LogP contribution in [0.1, 0.15) is 0 Å². The topological polar surface area (TPSA) is 28.7 Å². The molecule has 0 fully saturated rings. The average molecular weight is 172 g/mol. The number of halogens is 3. The molecule has 1 rings (SSSR count). The van der Waals surface area contributed by atoms with E-state index in [1.807, 2.05) is 0 Å². The van der Waals surface area contributed by atoms with Crippen LogP contribution in [0.4, 0.5) is 11.7 Å². The maximum absolute atomic E-state index is 10.4. The van der Waals surface area contributed by atoms with Crippen LogP contribution in [0.15, 0.2) is 18.7 Å². The average Bonchev–Trinajstić information content (AvgIpc) is 2.07. The molecular formula is C4H7F3N2S. The number of hydrogen-bond donors (Lipinski definition) is 1. The van der Waals surface area contributed by atoms with Gasteiger partial charge in [0, 0.05) is 18.6 Å². The highest BCUT2D eigenvalue weighted by molar-refractivity contribution is 8.20. The Bertz CT molecular complexity index is 125. The lowest BCUT2D eigenvalue weighted by atomic mass is 11.0. The van der Waals surface area contributed by atoms with Crippen LogP contribution in [-0.4, -0.2) is 16.2 Å². The van der Waals surface area contributed by atoms with Crippen LogP contribution < -0.4 is 0 Å². The van der Waals surface area contributed by atoms with Crippen molar-refractivity contribution in [2.75, 3.05) is 6.26 Å². The standard InChI is InChI=1S/C3H4N2.CH3F3S/c1-2-5-3-4-1;1-5(2,3)4/h1-3H,(H,4,5);1H3. The highest BCUT2D eigenvalue weighted by Crippen LogP contribution is 2.48. The normalized spacial score (nSPS) is 11.6. The smallest absolute Gasteiger partial charge is 0.206 e. The summed E-state index contributed by atoms with van der Waals surface area (Å²) in [6.45, 7) is 0. The fourth-order valence-electron chi connectivity index (χ4n) is 0.215. The number of nitrogens with one attached hydrogen (secondary N) is 1. The summed E-state index contributed by atoms with van der Waals surface area (Å²) < 4.78 is 31.3. The van der Waals surface area contributed by atoms with E-state index in [0.29, 0.717) is 0 Å². The zero-order chi connectivity index (χ0) is 8.04. The summed E-state index contributed by atoms with van der Waals surface area (Å²) in [6, 6.07) is 0. The van der Waals surface area contributed by atoms with Gasteiger partial charge in [-0.2, -0.15) is 0 Å². The molecule has 0 aromatic carbocycles. The number of rotatable bonds is 0. The molecule has 60 valence electrons. The van der Waals surface area contributed by atoms with E-state index in [1.165, 1.54) is 0 Å². The maximum Gasteiger partial charge on any atom is 0.206 e. The van der Waals surface area contributed by atoms with Gasteiger partial charge in [0.2, 0.25) is 11.2 Å². The number of imidazole rings is 1. The molecule has 1 N–H and O–H groups in total. The molecule has 1 aromatic rings. The zero-order valence-electron chi connectivity index (χ0n) is 5.22. The molecule has 0 aliphatic rings. The Kier molecular flexibility index (Phi) is 3.94. The lowest BCUT2D eigenvalue weighted by Crippen LogP contribution is -1.58. The van der Waals surface area contributed by atoms with Crippen molar-refractivity contribution in [1.82, 2.24) is 9.97 Å². The Morgan fingerprint density at radius 1 is 1.40 bits per heavy atom. The van der Waals surface area contributed by atoms with Crippen molar-refractivity contribution >= 4 is 11.2 Å². The second-order valence-electron chi connectivity index (χ2n) is 1.40. The number of aromatic nitrogens is 2. The first-order valence-corrected chi connectivity index (χ1v) is 4.04. The predicted molar refractivity (Wildman–Crippen MR) is 35.4 cm³/mol. The summed E-state index contributed by atoms with van der Waals surface area (Å²) in [5, 5.41) is 0. The molecule has 0 aliphatic heterocycles. The summed E-state index contributed by atoms with van der Waals surface area (Å²) in [4.78, 5) is 6.42. The lowest BCUT2D eigenvalue weighted by molar-refractivity contribution is 0.647. The molecule has 6 heteroatoms. The molecule has 0 bridgehead atoms. The van der Waals surface area contributed by atoms with Gasteiger partial charge in [-0.15, -0.1) is 11.7 Å². The van der Waals surface area contributed by atoms with Gasteiger partial charge in [0.05, 0.1) is 6.33 Å². The van der Waals surface area contributed by atoms with Gasteiger partial charge >= 0.3 is 0 Å². The number of H-pyrrole nitrogens is 1. The highest BCUT2D eigenvalue weighted by atomic mass is 32.3. The molecule has 1 aromatic heterocycles. The Balaban J connectivity index is 0.000000162. The van der Waals surface area contributed by atoms with Gasteiger partial charge in [-0.05, 0) is 0 Å². The number of aromatic amines is 1. The monoisotopic (exact) mass is 172 g/mol. The van der Waals surface area contributed by atoms with Crippen molar-refractivity contribution in [3.05, 3.63) is 18.7 Å². The third kappa shape index (κ3) is 15.7. The van der Waals surface area contributed by atoms with Gasteiger partial charge in [-0.1, -0.05) is 0 Å². The van der Waals surface area contributed by atoms with E-state index < -0.39 is 11.2 Å². The third-order valence-corrected chi connectivity index (χ3v) is 0.406. The molecule has 0 spiro atoms. The Labute approximate surface area is 58.7 Å². The molecule has 0 saturated heterocycles. The fourth-order valence-corrected chi connectivity index (χ4v) is 0.215. The van der Waals surface area contributed by atoms with E-state index in [2.05, 4.69) is 9.97 Å². The van der Waals surface area contributed by atoms with Crippen LogP contribution >= 0.6 is 11.2 Å². The van der Waals surface area contributed by atoms with Crippen molar-refractivity contribution in [2.45, 2.75) is 0 Å². The van der Waals surface area contributed by atoms with Crippen LogP contribution in [0.5, 0.6) is 0 Å². The van der Waals surface area contributed by atoms with Gasteiger partial charge < -0.3 is 4.98 Å². The molecule has 10 heavy (non-hydrogen) atoms. The van der Waals surface area contributed by atoms with E-state index in [-0.39, 0.29) is 6.26 Å². The largest absolute Gasteiger partial charge is 0.351 e. The minimum atomic E-state index is -4.67. The zero-order valence-corrected chi connectivity index (χ0v) is 6.04. The fraction of sp³-hybridized carbons (Fsp3) is 0.250. The van der Waals surface area contributed by atoms with E-state index in [0.717, 1.165) is 0 Å². The van der Waals surface area contributed by atoms with Gasteiger partial charge in [-0.3, -0.25) is 0 Å². The van der Waals surface area contributed by atoms with Crippen LogP contribution in [-0.2, 0) is 0 Å². The molecule has 0 saturated carbocycles. The third-order valence-electron chi connectivity index (χ3n) is 0.406. The van der Waals surface area contributed by atoms with Crippen molar-refractivity contribution in [1.29, 1.82) is 0 Å². The summed E-state index contributed by atoms with van der Waals surface area (Å²) >= 11 is -4.67. The molecule has 1 heterocycles. The van der Waals surface area contributed by atoms with E-state index in [9.17, 15) is 11.7 Å². The van der Waals surface area contributed by atoms with Crippen LogP contribution in [0.25, 0.3) is 0 Å². The van der Waals surface area contributed by atoms with E-state index >= 15 is 0 Å². The quantitative estimate of drug-likeness (QED) is 0.639. The minimum Gasteiger partial charge on any atom is -0.351 e. The Morgan fingerprint density at radius 3 is 2.00 bits per heavy atom. The van der Waals surface area contributed by atoms with Crippen molar-refractivity contribution in [3.63, 3.8) is 0 Å². The van der Waals surface area contributed by atoms with E-state index in [1.54, 1.807) is 18.7 Å². The highest BCUT2D eigenvalue weighted by Gasteiger charge is 2.07. The second kappa shape index (κ2) is 4.21. The number of hydrogen-bond acceptors (Lipinski definition) is 1.